The van der Waals surface area contributed by atoms with Gasteiger partial charge in [-0.25, -0.2) is 13.2 Å². The van der Waals surface area contributed by atoms with Crippen LogP contribution in [0.1, 0.15) is 0 Å². The molecule has 0 aliphatic rings. The zero-order chi connectivity index (χ0) is 15.4. The average Bonchev–Trinajstić information content (AvgIpc) is 2.44. The first kappa shape index (κ1) is 16.6. The normalized spacial score (nSPS) is 16.4. The van der Waals surface area contributed by atoms with Crippen molar-refractivity contribution in [1.82, 2.24) is 0 Å². The first-order valence-corrected chi connectivity index (χ1v) is 7.17. The Hall–Kier alpha value is -1.48. The van der Waals surface area contributed by atoms with Crippen LogP contribution in [0, 0.1) is 0 Å². The lowest BCUT2D eigenvalue weighted by Crippen LogP contribution is -2.60. The lowest BCUT2D eigenvalue weighted by atomic mass is 10.2. The zero-order valence-electron chi connectivity index (χ0n) is 11.1. The van der Waals surface area contributed by atoms with Gasteiger partial charge < -0.3 is 20.3 Å². The SMILES string of the molecule is COC(CN)C(OC)(C(=O)O)S(=O)(=O)c1ccccc1. The number of nitrogens with two attached hydrogens (primary N) is 1. The summed E-state index contributed by atoms with van der Waals surface area (Å²) in [5, 5.41) is 9.41. The molecule has 0 spiro atoms. The molecular formula is C12H17NO6S. The van der Waals surface area contributed by atoms with Crippen LogP contribution >= 0.6 is 0 Å². The first-order valence-electron chi connectivity index (χ1n) is 5.69. The number of ether oxygens (including phenoxy) is 2. The van der Waals surface area contributed by atoms with E-state index in [4.69, 9.17) is 15.2 Å². The molecule has 0 saturated heterocycles. The van der Waals surface area contributed by atoms with Gasteiger partial charge >= 0.3 is 5.97 Å². The molecule has 1 aromatic rings. The second kappa shape index (κ2) is 6.31. The number of carboxylic acids is 1. The van der Waals surface area contributed by atoms with Gasteiger partial charge in [-0.2, -0.15) is 0 Å². The van der Waals surface area contributed by atoms with Crippen molar-refractivity contribution in [3.8, 4) is 0 Å². The van der Waals surface area contributed by atoms with Crippen LogP contribution in [-0.2, 0) is 24.1 Å². The summed E-state index contributed by atoms with van der Waals surface area (Å²) in [7, 11) is -2.19. The molecule has 7 nitrogen and oxygen atoms in total. The standard InChI is InChI=1S/C12H17NO6S/c1-18-10(8-13)12(19-2,11(14)15)20(16,17)9-6-4-3-5-7-9/h3-7,10H,8,13H2,1-2H3,(H,14,15). The van der Waals surface area contributed by atoms with Crippen molar-refractivity contribution in [3.63, 3.8) is 0 Å². The Morgan fingerprint density at radius 3 is 2.25 bits per heavy atom. The summed E-state index contributed by atoms with van der Waals surface area (Å²) in [6.45, 7) is -0.331. The molecule has 20 heavy (non-hydrogen) atoms. The van der Waals surface area contributed by atoms with Gasteiger partial charge in [0.2, 0.25) is 9.84 Å². The maximum Gasteiger partial charge on any atom is 0.355 e. The number of sulfone groups is 1. The average molecular weight is 303 g/mol. The highest BCUT2D eigenvalue weighted by Gasteiger charge is 2.58. The van der Waals surface area contributed by atoms with Crippen LogP contribution in [-0.4, -0.2) is 51.3 Å². The van der Waals surface area contributed by atoms with E-state index < -0.39 is 26.8 Å². The van der Waals surface area contributed by atoms with E-state index in [9.17, 15) is 18.3 Å². The Bertz CT molecular complexity index is 555. The number of aliphatic carboxylic acids is 1. The minimum absolute atomic E-state index is 0.181. The maximum atomic E-state index is 12.6. The van der Waals surface area contributed by atoms with Crippen molar-refractivity contribution in [3.05, 3.63) is 30.3 Å². The van der Waals surface area contributed by atoms with Gasteiger partial charge in [0.1, 0.15) is 6.10 Å². The van der Waals surface area contributed by atoms with Crippen LogP contribution in [0.15, 0.2) is 35.2 Å². The van der Waals surface area contributed by atoms with E-state index in [0.717, 1.165) is 7.11 Å². The summed E-state index contributed by atoms with van der Waals surface area (Å²) in [5.41, 5.74) is 5.42. The fourth-order valence-corrected chi connectivity index (χ4v) is 3.79. The maximum absolute atomic E-state index is 12.6. The molecule has 0 aliphatic heterocycles. The second-order valence-electron chi connectivity index (χ2n) is 3.95. The summed E-state index contributed by atoms with van der Waals surface area (Å²) < 4.78 is 35.1. The number of methoxy groups -OCH3 is 2. The van der Waals surface area contributed by atoms with E-state index in [0.29, 0.717) is 0 Å². The largest absolute Gasteiger partial charge is 0.478 e. The van der Waals surface area contributed by atoms with Crippen LogP contribution < -0.4 is 5.73 Å². The van der Waals surface area contributed by atoms with E-state index in [-0.39, 0.29) is 11.4 Å². The quantitative estimate of drug-likeness (QED) is 0.720. The van der Waals surface area contributed by atoms with Gasteiger partial charge in [0.05, 0.1) is 4.90 Å². The van der Waals surface area contributed by atoms with Crippen molar-refractivity contribution in [2.24, 2.45) is 5.73 Å². The van der Waals surface area contributed by atoms with E-state index in [1.807, 2.05) is 0 Å². The molecule has 0 aromatic heterocycles. The van der Waals surface area contributed by atoms with E-state index in [1.54, 1.807) is 6.07 Å². The number of carboxylic acid groups (broad SMARTS) is 1. The molecule has 0 aliphatic carbocycles. The molecule has 112 valence electrons. The van der Waals surface area contributed by atoms with E-state index in [2.05, 4.69) is 0 Å². The number of hydrogen-bond acceptors (Lipinski definition) is 6. The highest BCUT2D eigenvalue weighted by atomic mass is 32.2. The first-order chi connectivity index (χ1) is 9.38. The Morgan fingerprint density at radius 2 is 1.90 bits per heavy atom. The van der Waals surface area contributed by atoms with E-state index >= 15 is 0 Å². The van der Waals surface area contributed by atoms with Gasteiger partial charge in [0, 0.05) is 20.8 Å². The predicted octanol–water partition coefficient (Wildman–Crippen LogP) is -0.139. The molecule has 2 atom stereocenters. The van der Waals surface area contributed by atoms with Gasteiger partial charge in [-0.1, -0.05) is 18.2 Å². The highest BCUT2D eigenvalue weighted by Crippen LogP contribution is 2.31. The molecular weight excluding hydrogens is 286 g/mol. The number of rotatable bonds is 7. The summed E-state index contributed by atoms with van der Waals surface area (Å²) in [6, 6.07) is 7.16. The smallest absolute Gasteiger partial charge is 0.355 e. The fourth-order valence-electron chi connectivity index (χ4n) is 1.94. The van der Waals surface area contributed by atoms with Crippen molar-refractivity contribution in [1.29, 1.82) is 0 Å². The third-order valence-electron chi connectivity index (χ3n) is 2.98. The Balaban J connectivity index is 3.57. The van der Waals surface area contributed by atoms with Crippen molar-refractivity contribution >= 4 is 15.8 Å². The second-order valence-corrected chi connectivity index (χ2v) is 6.04. The van der Waals surface area contributed by atoms with Crippen molar-refractivity contribution in [2.75, 3.05) is 20.8 Å². The molecule has 2 unspecified atom stereocenters. The molecule has 0 saturated carbocycles. The topological polar surface area (TPSA) is 116 Å². The summed E-state index contributed by atoms with van der Waals surface area (Å²) in [4.78, 5) is 8.81. The predicted molar refractivity (Wildman–Crippen MR) is 70.9 cm³/mol. The molecule has 0 radical (unpaired) electrons. The van der Waals surface area contributed by atoms with Crippen LogP contribution in [0.2, 0.25) is 0 Å². The molecule has 3 N–H and O–H groups in total. The molecule has 1 aromatic carbocycles. The molecule has 1 rings (SSSR count). The van der Waals surface area contributed by atoms with Crippen molar-refractivity contribution in [2.45, 2.75) is 15.9 Å². The lowest BCUT2D eigenvalue weighted by molar-refractivity contribution is -0.163. The van der Waals surface area contributed by atoms with Gasteiger partial charge in [0.15, 0.2) is 0 Å². The minimum Gasteiger partial charge on any atom is -0.478 e. The Kier molecular flexibility index (Phi) is 5.23. The number of hydrogen-bond donors (Lipinski definition) is 2. The Labute approximate surface area is 117 Å². The molecule has 0 amide bonds. The van der Waals surface area contributed by atoms with Crippen LogP contribution in [0.3, 0.4) is 0 Å². The van der Waals surface area contributed by atoms with Crippen molar-refractivity contribution < 1.29 is 27.8 Å². The van der Waals surface area contributed by atoms with Gasteiger partial charge in [0.25, 0.3) is 4.93 Å². The summed E-state index contributed by atoms with van der Waals surface area (Å²) in [5.74, 6) is -1.68. The molecule has 0 fully saturated rings. The molecule has 8 heteroatoms. The Morgan fingerprint density at radius 1 is 1.35 bits per heavy atom. The van der Waals surface area contributed by atoms with Crippen LogP contribution in [0.4, 0.5) is 0 Å². The van der Waals surface area contributed by atoms with Gasteiger partial charge in [-0.05, 0) is 12.1 Å². The number of benzene rings is 1. The minimum atomic E-state index is -4.36. The van der Waals surface area contributed by atoms with Crippen LogP contribution in [0.5, 0.6) is 0 Å². The number of carbonyl (C=O) groups is 1. The van der Waals surface area contributed by atoms with E-state index in [1.165, 1.54) is 31.4 Å². The summed E-state index contributed by atoms with van der Waals surface area (Å²) >= 11 is 0. The van der Waals surface area contributed by atoms with Gasteiger partial charge in [-0.15, -0.1) is 0 Å². The summed E-state index contributed by atoms with van der Waals surface area (Å²) in [6.07, 6.45) is -1.35. The monoisotopic (exact) mass is 303 g/mol. The highest BCUT2D eigenvalue weighted by molar-refractivity contribution is 7.93. The fraction of sp³-hybridized carbons (Fsp3) is 0.417. The third kappa shape index (κ3) is 2.42. The lowest BCUT2D eigenvalue weighted by Gasteiger charge is -2.33. The zero-order valence-corrected chi connectivity index (χ0v) is 12.0. The third-order valence-corrected chi connectivity index (χ3v) is 5.27. The van der Waals surface area contributed by atoms with Gasteiger partial charge in [-0.3, -0.25) is 0 Å². The molecule has 0 bridgehead atoms. The molecule has 0 heterocycles. The van der Waals surface area contributed by atoms with Crippen LogP contribution in [0.25, 0.3) is 0 Å².